The number of ketones is 1. The highest BCUT2D eigenvalue weighted by molar-refractivity contribution is 7.80. The van der Waals surface area contributed by atoms with Gasteiger partial charge in [0.15, 0.2) is 5.78 Å². The van der Waals surface area contributed by atoms with E-state index in [-0.39, 0.29) is 10.8 Å². The van der Waals surface area contributed by atoms with Gasteiger partial charge in [-0.1, -0.05) is 32.1 Å². The monoisotopic (exact) mass is 394 g/mol. The maximum absolute atomic E-state index is 12.0. The third-order valence-electron chi connectivity index (χ3n) is 8.83. The average Bonchev–Trinajstić information content (AvgIpc) is 3.06. The number of carbonyl (C=O) groups excluding carboxylic acids is 1. The van der Waals surface area contributed by atoms with Crippen molar-refractivity contribution in [1.29, 1.82) is 0 Å². The highest BCUT2D eigenvalue weighted by Gasteiger charge is 2.59. The minimum Gasteiger partial charge on any atom is -0.387 e. The zero-order valence-corrected chi connectivity index (χ0v) is 17.7. The largest absolute Gasteiger partial charge is 0.387 e. The highest BCUT2D eigenvalue weighted by atomic mass is 32.1. The summed E-state index contributed by atoms with van der Waals surface area (Å²) in [5.41, 5.74) is 2.64. The molecule has 0 radical (unpaired) electrons. The van der Waals surface area contributed by atoms with Crippen molar-refractivity contribution in [2.45, 2.75) is 52.4 Å². The van der Waals surface area contributed by atoms with Crippen LogP contribution in [0.1, 0.15) is 58.1 Å². The van der Waals surface area contributed by atoms with E-state index in [4.69, 9.17) is 12.2 Å². The second kappa shape index (κ2) is 6.48. The van der Waals surface area contributed by atoms with Crippen molar-refractivity contribution in [2.75, 3.05) is 6.54 Å². The number of rotatable bonds is 2. The zero-order valence-electron chi connectivity index (χ0n) is 16.9. The molecule has 0 bridgehead atoms. The molecule has 1 saturated heterocycles. The Labute approximate surface area is 173 Å². The molecular weight excluding hydrogens is 364 g/mol. The maximum Gasteiger partial charge on any atom is 0.157 e. The Morgan fingerprint density at radius 3 is 2.82 bits per heavy atom. The molecule has 3 nitrogen and oxygen atoms in total. The van der Waals surface area contributed by atoms with E-state index in [1.165, 1.54) is 31.4 Å². The van der Waals surface area contributed by atoms with Crippen molar-refractivity contribution >= 4 is 22.9 Å². The lowest BCUT2D eigenvalue weighted by Crippen LogP contribution is -2.57. The van der Waals surface area contributed by atoms with E-state index < -0.39 is 0 Å². The van der Waals surface area contributed by atoms with Gasteiger partial charge in [0.1, 0.15) is 0 Å². The van der Waals surface area contributed by atoms with E-state index in [0.717, 1.165) is 23.5 Å². The fraction of sp³-hybridized carbons (Fsp3) is 0.625. The van der Waals surface area contributed by atoms with Crippen LogP contribution in [-0.4, -0.2) is 22.2 Å². The number of fused-ring (bicyclic) bond motifs is 5. The van der Waals surface area contributed by atoms with Crippen molar-refractivity contribution in [3.63, 3.8) is 0 Å². The summed E-state index contributed by atoms with van der Waals surface area (Å²) in [6.07, 6.45) is 10.4. The number of piperidine rings is 1. The maximum atomic E-state index is 12.0. The molecule has 4 aliphatic rings. The molecule has 2 saturated carbocycles. The lowest BCUT2D eigenvalue weighted by Gasteiger charge is -2.58. The summed E-state index contributed by atoms with van der Waals surface area (Å²) in [7, 11) is 0. The summed E-state index contributed by atoms with van der Waals surface area (Å²) in [6, 6.07) is 6.08. The van der Waals surface area contributed by atoms with E-state index in [2.05, 4.69) is 30.2 Å². The quantitative estimate of drug-likeness (QED) is 0.582. The number of aromatic nitrogens is 1. The first kappa shape index (κ1) is 18.5. The first-order valence-electron chi connectivity index (χ1n) is 10.9. The number of thiocarbonyl (C=S) groups is 1. The van der Waals surface area contributed by atoms with E-state index in [9.17, 15) is 4.79 Å². The zero-order chi connectivity index (χ0) is 19.5. The van der Waals surface area contributed by atoms with Crippen molar-refractivity contribution < 1.29 is 4.79 Å². The summed E-state index contributed by atoms with van der Waals surface area (Å²) in [4.78, 5) is 17.6. The number of nitrogens with zero attached hydrogens (tertiary/aromatic N) is 1. The molecule has 3 aliphatic carbocycles. The van der Waals surface area contributed by atoms with E-state index in [1.807, 2.05) is 24.4 Å². The van der Waals surface area contributed by atoms with Crippen LogP contribution in [0.2, 0.25) is 0 Å². The number of carbonyl (C=O) groups is 1. The molecule has 1 aliphatic heterocycles. The van der Waals surface area contributed by atoms with Crippen LogP contribution in [0.25, 0.3) is 0 Å². The van der Waals surface area contributed by atoms with Crippen LogP contribution < -0.4 is 5.32 Å². The molecule has 1 aromatic rings. The Bertz CT molecular complexity index is 849. The summed E-state index contributed by atoms with van der Waals surface area (Å²) in [5.74, 6) is 2.84. The van der Waals surface area contributed by atoms with Crippen molar-refractivity contribution in [3.05, 3.63) is 41.9 Å². The summed E-state index contributed by atoms with van der Waals surface area (Å²) in [6.45, 7) is 5.92. The van der Waals surface area contributed by atoms with Gasteiger partial charge in [0.2, 0.25) is 0 Å². The third-order valence-corrected chi connectivity index (χ3v) is 9.32. The van der Waals surface area contributed by atoms with E-state index >= 15 is 0 Å². The molecule has 5 rings (SSSR count). The van der Waals surface area contributed by atoms with Gasteiger partial charge in [0, 0.05) is 47.1 Å². The number of pyridine rings is 1. The average molecular weight is 395 g/mol. The van der Waals surface area contributed by atoms with Crippen LogP contribution in [0, 0.1) is 34.5 Å². The van der Waals surface area contributed by atoms with Crippen LogP contribution in [0.4, 0.5) is 0 Å². The number of nitrogens with one attached hydrogen (secondary N) is 1. The minimum absolute atomic E-state index is 0.151. The lowest BCUT2D eigenvalue weighted by atomic mass is 9.49. The molecule has 4 heteroatoms. The highest BCUT2D eigenvalue weighted by Crippen LogP contribution is 2.64. The van der Waals surface area contributed by atoms with Gasteiger partial charge in [-0.2, -0.15) is 0 Å². The molecule has 2 heterocycles. The molecule has 1 aromatic heterocycles. The Morgan fingerprint density at radius 1 is 1.18 bits per heavy atom. The molecule has 148 valence electrons. The molecule has 0 unspecified atom stereocenters. The first-order valence-corrected chi connectivity index (χ1v) is 11.3. The van der Waals surface area contributed by atoms with Gasteiger partial charge < -0.3 is 5.32 Å². The summed E-state index contributed by atoms with van der Waals surface area (Å²) < 4.78 is 0. The molecule has 0 spiro atoms. The lowest BCUT2D eigenvalue weighted by molar-refractivity contribution is -0.117. The fourth-order valence-corrected chi connectivity index (χ4v) is 7.77. The van der Waals surface area contributed by atoms with Gasteiger partial charge in [-0.05, 0) is 67.4 Å². The van der Waals surface area contributed by atoms with Crippen LogP contribution in [-0.2, 0) is 4.79 Å². The van der Waals surface area contributed by atoms with E-state index in [0.29, 0.717) is 35.9 Å². The topological polar surface area (TPSA) is 42.0 Å². The van der Waals surface area contributed by atoms with Crippen LogP contribution >= 0.6 is 12.2 Å². The number of allylic oxidation sites excluding steroid dienone is 2. The van der Waals surface area contributed by atoms with Gasteiger partial charge in [-0.15, -0.1) is 0 Å². The Hall–Kier alpha value is -1.55. The molecule has 1 N–H and O–H groups in total. The number of hydrogen-bond acceptors (Lipinski definition) is 4. The van der Waals surface area contributed by atoms with Crippen molar-refractivity contribution in [1.82, 2.24) is 10.3 Å². The predicted molar refractivity (Wildman–Crippen MR) is 115 cm³/mol. The Kier molecular flexibility index (Phi) is 4.28. The van der Waals surface area contributed by atoms with Gasteiger partial charge in [0.05, 0.1) is 5.69 Å². The third kappa shape index (κ3) is 2.56. The molecular formula is C24H30N2OS. The Balaban J connectivity index is 1.44. The predicted octanol–water partition coefficient (Wildman–Crippen LogP) is 4.71. The SMILES string of the molecule is C[C@]12CC[C@H]3[C@@H](CNC4=CC(=O)CC[C@@]43C)[C@@H]1CC[C@@H]2C(=S)c1ccccn1. The summed E-state index contributed by atoms with van der Waals surface area (Å²) in [5, 5.41) is 3.69. The smallest absolute Gasteiger partial charge is 0.157 e. The van der Waals surface area contributed by atoms with Crippen LogP contribution in [0.3, 0.4) is 0 Å². The summed E-state index contributed by atoms with van der Waals surface area (Å²) >= 11 is 5.97. The van der Waals surface area contributed by atoms with Gasteiger partial charge >= 0.3 is 0 Å². The first-order chi connectivity index (χ1) is 13.4. The van der Waals surface area contributed by atoms with Gasteiger partial charge in [-0.25, -0.2) is 0 Å². The Morgan fingerprint density at radius 2 is 2.04 bits per heavy atom. The molecule has 28 heavy (non-hydrogen) atoms. The molecule has 3 fully saturated rings. The van der Waals surface area contributed by atoms with E-state index in [1.54, 1.807) is 0 Å². The van der Waals surface area contributed by atoms with Gasteiger partial charge in [0.25, 0.3) is 0 Å². The second-order valence-electron chi connectivity index (χ2n) is 9.95. The standard InChI is InChI=1S/C24H30N2OS/c1-23-11-9-18-16(14-26-21-13-15(27)8-10-24(18,21)2)17(23)6-7-19(23)22(28)20-5-3-4-12-25-20/h3-5,12-13,16-19,26H,6-11,14H2,1-2H3/t16-,17-,18-,19+,23-,24+/m0/s1. The molecule has 6 atom stereocenters. The van der Waals surface area contributed by atoms with Crippen LogP contribution in [0.15, 0.2) is 36.2 Å². The molecule has 0 aromatic carbocycles. The second-order valence-corrected chi connectivity index (χ2v) is 10.4. The molecule has 0 amide bonds. The van der Waals surface area contributed by atoms with Gasteiger partial charge in [-0.3, -0.25) is 9.78 Å². The fourth-order valence-electron chi connectivity index (χ4n) is 7.26. The van der Waals surface area contributed by atoms with Crippen LogP contribution in [0.5, 0.6) is 0 Å². The van der Waals surface area contributed by atoms with Crippen molar-refractivity contribution in [3.8, 4) is 0 Å². The minimum atomic E-state index is 0.151. The van der Waals surface area contributed by atoms with Crippen molar-refractivity contribution in [2.24, 2.45) is 34.5 Å². The number of hydrogen-bond donors (Lipinski definition) is 1. The normalized spacial score (nSPS) is 41.9.